The summed E-state index contributed by atoms with van der Waals surface area (Å²) in [5, 5.41) is 0.724. The smallest absolute Gasteiger partial charge is 0.157 e. The maximum Gasteiger partial charge on any atom is 0.157 e. The molecule has 0 aliphatic carbocycles. The number of H-pyrrole nitrogens is 1. The van der Waals surface area contributed by atoms with E-state index in [1.54, 1.807) is 0 Å². The molecule has 0 atom stereocenters. The number of nitrogens with zero attached hydrogens (tertiary/aromatic N) is 3. The molecule has 1 aromatic carbocycles. The van der Waals surface area contributed by atoms with E-state index in [0.29, 0.717) is 0 Å². The average Bonchev–Trinajstić information content (AvgIpc) is 3.15. The molecule has 0 saturated heterocycles. The fraction of sp³-hybridized carbons (Fsp3) is 0.176. The van der Waals surface area contributed by atoms with Crippen molar-refractivity contribution < 1.29 is 0 Å². The number of nitrogens with one attached hydrogen (secondary N) is 1. The topological polar surface area (TPSA) is 44.8 Å². The summed E-state index contributed by atoms with van der Waals surface area (Å²) < 4.78 is 0. The maximum absolute atomic E-state index is 6.10. The number of halogens is 1. The van der Waals surface area contributed by atoms with Gasteiger partial charge in [-0.1, -0.05) is 35.9 Å². The van der Waals surface area contributed by atoms with Gasteiger partial charge in [0.2, 0.25) is 0 Å². The van der Waals surface area contributed by atoms with Crippen LogP contribution in [-0.2, 0) is 0 Å². The van der Waals surface area contributed by atoms with Crippen molar-refractivity contribution in [3.8, 4) is 11.3 Å². The van der Waals surface area contributed by atoms with Gasteiger partial charge in [0.05, 0.1) is 5.52 Å². The molecule has 0 fully saturated rings. The van der Waals surface area contributed by atoms with Crippen LogP contribution in [0.1, 0.15) is 5.82 Å². The number of benzene rings is 1. The van der Waals surface area contributed by atoms with Crippen molar-refractivity contribution in [3.63, 3.8) is 0 Å². The van der Waals surface area contributed by atoms with E-state index in [9.17, 15) is 0 Å². The van der Waals surface area contributed by atoms with Gasteiger partial charge in [0.1, 0.15) is 11.3 Å². The first-order chi connectivity index (χ1) is 10.7. The Labute approximate surface area is 133 Å². The highest BCUT2D eigenvalue weighted by molar-refractivity contribution is 6.30. The minimum atomic E-state index is 0.724. The molecule has 2 aromatic heterocycles. The highest BCUT2D eigenvalue weighted by Crippen LogP contribution is 2.30. The molecule has 22 heavy (non-hydrogen) atoms. The van der Waals surface area contributed by atoms with Gasteiger partial charge in [-0.2, -0.15) is 0 Å². The van der Waals surface area contributed by atoms with Crippen LogP contribution < -0.4 is 4.90 Å². The third kappa shape index (κ3) is 2.25. The van der Waals surface area contributed by atoms with E-state index in [1.165, 1.54) is 0 Å². The van der Waals surface area contributed by atoms with Crippen LogP contribution in [0.25, 0.3) is 22.3 Å². The van der Waals surface area contributed by atoms with Crippen molar-refractivity contribution in [2.24, 2.45) is 0 Å². The molecule has 3 aromatic rings. The Kier molecular flexibility index (Phi) is 3.12. The second-order valence-electron chi connectivity index (χ2n) is 5.42. The van der Waals surface area contributed by atoms with Gasteiger partial charge in [-0.15, -0.1) is 0 Å². The van der Waals surface area contributed by atoms with Crippen LogP contribution in [0.4, 0.5) is 5.82 Å². The van der Waals surface area contributed by atoms with Crippen LogP contribution in [-0.4, -0.2) is 28.0 Å². The molecule has 1 aliphatic heterocycles. The van der Waals surface area contributed by atoms with Crippen molar-refractivity contribution >= 4 is 28.5 Å². The number of anilines is 1. The molecule has 0 radical (unpaired) electrons. The minimum Gasteiger partial charge on any atom is -0.350 e. The van der Waals surface area contributed by atoms with Gasteiger partial charge in [-0.3, -0.25) is 0 Å². The second kappa shape index (κ2) is 5.14. The van der Waals surface area contributed by atoms with Crippen LogP contribution in [0, 0.1) is 6.92 Å². The minimum absolute atomic E-state index is 0.724. The van der Waals surface area contributed by atoms with Crippen molar-refractivity contribution in [1.29, 1.82) is 0 Å². The summed E-state index contributed by atoms with van der Waals surface area (Å²) >= 11 is 6.10. The molecule has 0 unspecified atom stereocenters. The molecule has 1 N–H and O–H groups in total. The van der Waals surface area contributed by atoms with E-state index in [4.69, 9.17) is 11.6 Å². The molecule has 110 valence electrons. The lowest BCUT2D eigenvalue weighted by molar-refractivity contribution is 0.948. The predicted molar refractivity (Wildman–Crippen MR) is 90.4 cm³/mol. The monoisotopic (exact) mass is 310 g/mol. The van der Waals surface area contributed by atoms with Crippen LogP contribution in [0.3, 0.4) is 0 Å². The Morgan fingerprint density at radius 1 is 1.14 bits per heavy atom. The largest absolute Gasteiger partial charge is 0.350 e. The van der Waals surface area contributed by atoms with E-state index in [0.717, 1.165) is 52.0 Å². The highest BCUT2D eigenvalue weighted by Gasteiger charge is 2.17. The lowest BCUT2D eigenvalue weighted by Crippen LogP contribution is -2.20. The molecule has 0 amide bonds. The van der Waals surface area contributed by atoms with E-state index in [1.807, 2.05) is 31.2 Å². The van der Waals surface area contributed by atoms with E-state index >= 15 is 0 Å². The SMILES string of the molecule is Cc1nc(N2CC=CC2)c2[nH]c(-c3cccc(Cl)c3)cc2n1. The zero-order valence-corrected chi connectivity index (χ0v) is 12.9. The van der Waals surface area contributed by atoms with Gasteiger partial charge in [0, 0.05) is 23.8 Å². The zero-order chi connectivity index (χ0) is 15.1. The molecular weight excluding hydrogens is 296 g/mol. The highest BCUT2D eigenvalue weighted by atomic mass is 35.5. The molecule has 4 nitrogen and oxygen atoms in total. The predicted octanol–water partition coefficient (Wildman–Crippen LogP) is 3.96. The van der Waals surface area contributed by atoms with Crippen LogP contribution in [0.15, 0.2) is 42.5 Å². The van der Waals surface area contributed by atoms with Gasteiger partial charge in [0.15, 0.2) is 5.82 Å². The third-order valence-electron chi connectivity index (χ3n) is 3.82. The summed E-state index contributed by atoms with van der Waals surface area (Å²) in [5.41, 5.74) is 3.97. The first-order valence-electron chi connectivity index (χ1n) is 7.24. The van der Waals surface area contributed by atoms with Crippen molar-refractivity contribution in [2.45, 2.75) is 6.92 Å². The fourth-order valence-corrected chi connectivity index (χ4v) is 2.99. The summed E-state index contributed by atoms with van der Waals surface area (Å²) in [6.45, 7) is 3.70. The van der Waals surface area contributed by atoms with Crippen molar-refractivity contribution in [1.82, 2.24) is 15.0 Å². The van der Waals surface area contributed by atoms with Crippen LogP contribution in [0.2, 0.25) is 5.02 Å². The number of hydrogen-bond acceptors (Lipinski definition) is 3. The molecule has 5 heteroatoms. The summed E-state index contributed by atoms with van der Waals surface area (Å²) in [4.78, 5) is 14.9. The summed E-state index contributed by atoms with van der Waals surface area (Å²) in [6.07, 6.45) is 4.31. The number of aromatic amines is 1. The zero-order valence-electron chi connectivity index (χ0n) is 12.2. The number of rotatable bonds is 2. The van der Waals surface area contributed by atoms with E-state index < -0.39 is 0 Å². The molecule has 0 bridgehead atoms. The van der Waals surface area contributed by atoms with Crippen molar-refractivity contribution in [3.05, 3.63) is 53.3 Å². The van der Waals surface area contributed by atoms with Gasteiger partial charge >= 0.3 is 0 Å². The number of fused-ring (bicyclic) bond motifs is 1. The quantitative estimate of drug-likeness (QED) is 0.729. The Bertz CT molecular complexity index is 873. The molecule has 0 saturated carbocycles. The normalized spacial score (nSPS) is 14.2. The van der Waals surface area contributed by atoms with Crippen LogP contribution >= 0.6 is 11.6 Å². The Morgan fingerprint density at radius 2 is 1.95 bits per heavy atom. The molecule has 3 heterocycles. The van der Waals surface area contributed by atoms with Crippen molar-refractivity contribution in [2.75, 3.05) is 18.0 Å². The van der Waals surface area contributed by atoms with E-state index in [2.05, 4.69) is 38.1 Å². The molecule has 4 rings (SSSR count). The lowest BCUT2D eigenvalue weighted by atomic mass is 10.1. The Balaban J connectivity index is 1.88. The molecule has 0 spiro atoms. The molecular formula is C17H15ClN4. The van der Waals surface area contributed by atoms with Gasteiger partial charge in [-0.05, 0) is 30.7 Å². The standard InChI is InChI=1S/C17H15ClN4/c1-11-19-15-10-14(12-5-4-6-13(18)9-12)21-16(15)17(20-11)22-7-2-3-8-22/h2-6,9-10,21H,7-8H2,1H3. The number of aryl methyl sites for hydroxylation is 1. The first kappa shape index (κ1) is 13.3. The summed E-state index contributed by atoms with van der Waals surface area (Å²) in [6, 6.07) is 9.87. The van der Waals surface area contributed by atoms with Gasteiger partial charge in [0.25, 0.3) is 0 Å². The Morgan fingerprint density at radius 3 is 2.73 bits per heavy atom. The maximum atomic E-state index is 6.10. The first-order valence-corrected chi connectivity index (χ1v) is 7.62. The van der Waals surface area contributed by atoms with E-state index in [-0.39, 0.29) is 0 Å². The molecule has 1 aliphatic rings. The van der Waals surface area contributed by atoms with Crippen LogP contribution in [0.5, 0.6) is 0 Å². The summed E-state index contributed by atoms with van der Waals surface area (Å²) in [7, 11) is 0. The third-order valence-corrected chi connectivity index (χ3v) is 4.06. The fourth-order valence-electron chi connectivity index (χ4n) is 2.80. The lowest BCUT2D eigenvalue weighted by Gasteiger charge is -2.17. The number of aromatic nitrogens is 3. The van der Waals surface area contributed by atoms with Gasteiger partial charge < -0.3 is 9.88 Å². The second-order valence-corrected chi connectivity index (χ2v) is 5.86. The Hall–Kier alpha value is -2.33. The average molecular weight is 311 g/mol. The summed E-state index contributed by atoms with van der Waals surface area (Å²) in [5.74, 6) is 1.74. The number of hydrogen-bond donors (Lipinski definition) is 1. The van der Waals surface area contributed by atoms with Gasteiger partial charge in [-0.25, -0.2) is 9.97 Å².